The van der Waals surface area contributed by atoms with E-state index in [1.165, 1.54) is 0 Å². The number of hydrogen-bond donors (Lipinski definition) is 1. The normalized spacial score (nSPS) is 11.9. The Kier molecular flexibility index (Phi) is 8.05. The molecule has 2 amide bonds. The molecule has 0 spiro atoms. The highest BCUT2D eigenvalue weighted by Crippen LogP contribution is 2.15. The van der Waals surface area contributed by atoms with Crippen molar-refractivity contribution in [3.05, 3.63) is 71.8 Å². The number of rotatable bonds is 9. The van der Waals surface area contributed by atoms with Gasteiger partial charge in [0.2, 0.25) is 11.8 Å². The first-order valence-corrected chi connectivity index (χ1v) is 9.69. The Morgan fingerprint density at radius 1 is 0.926 bits per heavy atom. The third-order valence-corrected chi connectivity index (χ3v) is 4.48. The molecule has 0 radical (unpaired) electrons. The van der Waals surface area contributed by atoms with Crippen LogP contribution in [0.4, 0.5) is 0 Å². The van der Waals surface area contributed by atoms with E-state index >= 15 is 0 Å². The van der Waals surface area contributed by atoms with Gasteiger partial charge in [-0.3, -0.25) is 9.59 Å². The first kappa shape index (κ1) is 20.7. The number of carbonyl (C=O) groups excluding carboxylic acids is 2. The van der Waals surface area contributed by atoms with Gasteiger partial charge in [-0.15, -0.1) is 0 Å². The van der Waals surface area contributed by atoms with E-state index in [4.69, 9.17) is 0 Å². The lowest BCUT2D eigenvalue weighted by molar-refractivity contribution is -0.141. The second kappa shape index (κ2) is 10.5. The lowest BCUT2D eigenvalue weighted by atomic mass is 10.1. The van der Waals surface area contributed by atoms with Crippen LogP contribution < -0.4 is 5.32 Å². The maximum atomic E-state index is 13.1. The molecule has 0 bridgehead atoms. The Bertz CT molecular complexity index is 714. The quantitative estimate of drug-likeness (QED) is 0.730. The van der Waals surface area contributed by atoms with Gasteiger partial charge < -0.3 is 10.2 Å². The van der Waals surface area contributed by atoms with Crippen molar-refractivity contribution in [2.45, 2.75) is 58.7 Å². The van der Waals surface area contributed by atoms with Gasteiger partial charge >= 0.3 is 0 Å². The highest BCUT2D eigenvalue weighted by atomic mass is 16.2. The number of nitrogens with zero attached hydrogens (tertiary/aromatic N) is 1. The minimum absolute atomic E-state index is 0.00784. The van der Waals surface area contributed by atoms with Gasteiger partial charge in [0.15, 0.2) is 0 Å². The molecule has 2 aromatic carbocycles. The fourth-order valence-corrected chi connectivity index (χ4v) is 3.12. The van der Waals surface area contributed by atoms with Crippen molar-refractivity contribution in [2.75, 3.05) is 0 Å². The summed E-state index contributed by atoms with van der Waals surface area (Å²) in [5.74, 6) is -0.0787. The smallest absolute Gasteiger partial charge is 0.243 e. The van der Waals surface area contributed by atoms with Crippen LogP contribution >= 0.6 is 0 Å². The lowest BCUT2D eigenvalue weighted by Gasteiger charge is -2.31. The number of benzene rings is 2. The molecule has 0 aliphatic heterocycles. The van der Waals surface area contributed by atoms with Crippen LogP contribution in [0.1, 0.15) is 44.7 Å². The zero-order chi connectivity index (χ0) is 19.6. The molecule has 4 nitrogen and oxygen atoms in total. The summed E-state index contributed by atoms with van der Waals surface area (Å²) in [6, 6.07) is 19.4. The third kappa shape index (κ3) is 6.55. The van der Waals surface area contributed by atoms with Crippen LogP contribution in [0.5, 0.6) is 0 Å². The summed E-state index contributed by atoms with van der Waals surface area (Å²) < 4.78 is 0. The molecule has 2 rings (SSSR count). The van der Waals surface area contributed by atoms with Crippen LogP contribution in [0.3, 0.4) is 0 Å². The van der Waals surface area contributed by atoms with Crippen molar-refractivity contribution in [2.24, 2.45) is 0 Å². The van der Waals surface area contributed by atoms with Gasteiger partial charge in [-0.05, 0) is 37.8 Å². The average Bonchev–Trinajstić information content (AvgIpc) is 2.67. The maximum absolute atomic E-state index is 13.1. The van der Waals surface area contributed by atoms with E-state index in [9.17, 15) is 9.59 Å². The molecule has 0 saturated heterocycles. The van der Waals surface area contributed by atoms with E-state index in [-0.39, 0.29) is 17.9 Å². The molecule has 1 atom stereocenters. The minimum atomic E-state index is -0.462. The number of nitrogens with one attached hydrogen (secondary N) is 1. The van der Waals surface area contributed by atoms with Crippen LogP contribution in [0, 0.1) is 0 Å². The van der Waals surface area contributed by atoms with Crippen LogP contribution in [0.15, 0.2) is 60.7 Å². The highest BCUT2D eigenvalue weighted by molar-refractivity contribution is 5.87. The number of amides is 2. The van der Waals surface area contributed by atoms with E-state index in [2.05, 4.69) is 5.32 Å². The maximum Gasteiger partial charge on any atom is 0.243 e. The number of carbonyl (C=O) groups is 2. The minimum Gasteiger partial charge on any atom is -0.352 e. The van der Waals surface area contributed by atoms with Gasteiger partial charge in [-0.25, -0.2) is 0 Å². The fraction of sp³-hybridized carbons (Fsp3) is 0.391. The molecule has 0 aliphatic carbocycles. The molecule has 0 fully saturated rings. The summed E-state index contributed by atoms with van der Waals surface area (Å²) in [6.45, 7) is 6.26. The van der Waals surface area contributed by atoms with Gasteiger partial charge in [-0.1, -0.05) is 67.6 Å². The van der Waals surface area contributed by atoms with Crippen molar-refractivity contribution in [1.82, 2.24) is 10.2 Å². The SMILES string of the molecule is CCC(C(=O)NC(C)C)N(Cc1ccccc1)C(=O)CCc1ccccc1. The first-order chi connectivity index (χ1) is 13.0. The standard InChI is InChI=1S/C23H30N2O2/c1-4-21(23(27)24-18(2)3)25(17-20-13-9-6-10-14-20)22(26)16-15-19-11-7-5-8-12-19/h5-14,18,21H,4,15-17H2,1-3H3,(H,24,27). The molecular weight excluding hydrogens is 336 g/mol. The summed E-state index contributed by atoms with van der Waals surface area (Å²) in [5.41, 5.74) is 2.16. The Morgan fingerprint density at radius 3 is 2.00 bits per heavy atom. The van der Waals surface area contributed by atoms with Crippen LogP contribution in [-0.4, -0.2) is 28.8 Å². The van der Waals surface area contributed by atoms with Gasteiger partial charge in [0.1, 0.15) is 6.04 Å². The van der Waals surface area contributed by atoms with Crippen LogP contribution in [-0.2, 0) is 22.6 Å². The summed E-state index contributed by atoms with van der Waals surface area (Å²) in [7, 11) is 0. The van der Waals surface area contributed by atoms with E-state index < -0.39 is 6.04 Å². The third-order valence-electron chi connectivity index (χ3n) is 4.48. The van der Waals surface area contributed by atoms with Crippen LogP contribution in [0.2, 0.25) is 0 Å². The summed E-state index contributed by atoms with van der Waals surface area (Å²) >= 11 is 0. The highest BCUT2D eigenvalue weighted by Gasteiger charge is 2.28. The number of aryl methyl sites for hydroxylation is 1. The Balaban J connectivity index is 2.16. The van der Waals surface area contributed by atoms with Crippen LogP contribution in [0.25, 0.3) is 0 Å². The molecule has 0 heterocycles. The summed E-state index contributed by atoms with van der Waals surface area (Å²) in [6.07, 6.45) is 1.65. The summed E-state index contributed by atoms with van der Waals surface area (Å²) in [5, 5.41) is 2.96. The zero-order valence-electron chi connectivity index (χ0n) is 16.5. The Labute approximate surface area is 162 Å². The van der Waals surface area contributed by atoms with Crippen molar-refractivity contribution in [3.63, 3.8) is 0 Å². The topological polar surface area (TPSA) is 49.4 Å². The second-order valence-corrected chi connectivity index (χ2v) is 7.08. The van der Waals surface area contributed by atoms with Gasteiger partial charge in [-0.2, -0.15) is 0 Å². The van der Waals surface area contributed by atoms with E-state index in [0.717, 1.165) is 11.1 Å². The monoisotopic (exact) mass is 366 g/mol. The molecule has 0 aliphatic rings. The van der Waals surface area contributed by atoms with Crippen molar-refractivity contribution in [1.29, 1.82) is 0 Å². The first-order valence-electron chi connectivity index (χ1n) is 9.69. The molecular formula is C23H30N2O2. The Morgan fingerprint density at radius 2 is 1.48 bits per heavy atom. The van der Waals surface area contributed by atoms with Gasteiger partial charge in [0.25, 0.3) is 0 Å². The largest absolute Gasteiger partial charge is 0.352 e. The molecule has 4 heteroatoms. The predicted octanol–water partition coefficient (Wildman–Crippen LogP) is 3.95. The van der Waals surface area contributed by atoms with E-state index in [1.54, 1.807) is 4.90 Å². The second-order valence-electron chi connectivity index (χ2n) is 7.08. The summed E-state index contributed by atoms with van der Waals surface area (Å²) in [4.78, 5) is 27.5. The molecule has 1 N–H and O–H groups in total. The lowest BCUT2D eigenvalue weighted by Crippen LogP contribution is -2.50. The molecule has 0 saturated carbocycles. The molecule has 0 aromatic heterocycles. The molecule has 144 valence electrons. The fourth-order valence-electron chi connectivity index (χ4n) is 3.12. The number of hydrogen-bond acceptors (Lipinski definition) is 2. The van der Waals surface area contributed by atoms with Gasteiger partial charge in [0, 0.05) is 19.0 Å². The van der Waals surface area contributed by atoms with E-state index in [0.29, 0.717) is 25.8 Å². The zero-order valence-corrected chi connectivity index (χ0v) is 16.5. The van der Waals surface area contributed by atoms with Crippen molar-refractivity contribution in [3.8, 4) is 0 Å². The molecule has 2 aromatic rings. The van der Waals surface area contributed by atoms with Gasteiger partial charge in [0.05, 0.1) is 0 Å². The Hall–Kier alpha value is -2.62. The van der Waals surface area contributed by atoms with E-state index in [1.807, 2.05) is 81.4 Å². The van der Waals surface area contributed by atoms with Crippen molar-refractivity contribution >= 4 is 11.8 Å². The molecule has 27 heavy (non-hydrogen) atoms. The molecule has 1 unspecified atom stereocenters. The van der Waals surface area contributed by atoms with Crippen molar-refractivity contribution < 1.29 is 9.59 Å². The predicted molar refractivity (Wildman–Crippen MR) is 109 cm³/mol. The average molecular weight is 367 g/mol.